The molecule has 10 heteroatoms. The summed E-state index contributed by atoms with van der Waals surface area (Å²) in [5.41, 5.74) is 1.68. The summed E-state index contributed by atoms with van der Waals surface area (Å²) >= 11 is 6.43. The molecule has 1 heterocycles. The number of hydrogen-bond acceptors (Lipinski definition) is 5. The van der Waals surface area contributed by atoms with Crippen LogP contribution in [0.2, 0.25) is 5.02 Å². The van der Waals surface area contributed by atoms with Gasteiger partial charge in [0, 0.05) is 41.9 Å². The number of nitrogens with one attached hydrogen (secondary N) is 2. The summed E-state index contributed by atoms with van der Waals surface area (Å²) < 4.78 is 12.2. The lowest BCUT2D eigenvalue weighted by molar-refractivity contribution is -0.116. The van der Waals surface area contributed by atoms with Gasteiger partial charge in [-0.2, -0.15) is 5.10 Å². The lowest BCUT2D eigenvalue weighted by Crippen LogP contribution is -2.41. The first-order valence-electron chi connectivity index (χ1n) is 12.0. The molecule has 3 rings (SSSR count). The second-order valence-corrected chi connectivity index (χ2v) is 9.94. The fourth-order valence-electron chi connectivity index (χ4n) is 3.60. The Morgan fingerprint density at radius 3 is 2.24 bits per heavy atom. The van der Waals surface area contributed by atoms with Gasteiger partial charge < -0.3 is 25.0 Å². The molecule has 0 radical (unpaired) electrons. The zero-order chi connectivity index (χ0) is 27.2. The molecular formula is C27H34ClN5O4. The van der Waals surface area contributed by atoms with Crippen LogP contribution in [0, 0.1) is 0 Å². The maximum Gasteiger partial charge on any atom is 0.322 e. The maximum atomic E-state index is 13.1. The third kappa shape index (κ3) is 7.16. The number of benzene rings is 2. The highest BCUT2D eigenvalue weighted by Crippen LogP contribution is 2.29. The summed E-state index contributed by atoms with van der Waals surface area (Å²) in [5.74, 6) is 1.19. The Morgan fingerprint density at radius 1 is 1.03 bits per heavy atom. The zero-order valence-corrected chi connectivity index (χ0v) is 22.8. The Bertz CT molecular complexity index is 1230. The third-order valence-electron chi connectivity index (χ3n) is 5.54. The first-order valence-corrected chi connectivity index (χ1v) is 12.4. The van der Waals surface area contributed by atoms with Gasteiger partial charge in [0.1, 0.15) is 23.9 Å². The predicted octanol–water partition coefficient (Wildman–Crippen LogP) is 5.72. The summed E-state index contributed by atoms with van der Waals surface area (Å²) in [7, 11) is 3.07. The normalized spacial score (nSPS) is 11.1. The first kappa shape index (κ1) is 27.9. The van der Waals surface area contributed by atoms with E-state index in [0.717, 1.165) is 5.69 Å². The van der Waals surface area contributed by atoms with Gasteiger partial charge in [0.2, 0.25) is 5.91 Å². The predicted molar refractivity (Wildman–Crippen MR) is 146 cm³/mol. The number of rotatable bonds is 9. The molecule has 37 heavy (non-hydrogen) atoms. The number of nitrogens with zero attached hydrogens (tertiary/aromatic N) is 3. The van der Waals surface area contributed by atoms with Gasteiger partial charge in [0.25, 0.3) is 0 Å². The number of carbonyl (C=O) groups excluding carboxylic acids is 2. The Balaban J connectivity index is 1.81. The topological polar surface area (TPSA) is 97.7 Å². The summed E-state index contributed by atoms with van der Waals surface area (Å²) in [5, 5.41) is 10.9. The number of methoxy groups -OCH3 is 2. The maximum absolute atomic E-state index is 13.1. The zero-order valence-electron chi connectivity index (χ0n) is 22.1. The van der Waals surface area contributed by atoms with Crippen molar-refractivity contribution in [1.29, 1.82) is 0 Å². The van der Waals surface area contributed by atoms with Crippen molar-refractivity contribution in [3.63, 3.8) is 0 Å². The molecule has 9 nitrogen and oxygen atoms in total. The van der Waals surface area contributed by atoms with Crippen molar-refractivity contribution in [1.82, 2.24) is 14.7 Å². The van der Waals surface area contributed by atoms with Crippen LogP contribution in [0.3, 0.4) is 0 Å². The Morgan fingerprint density at radius 2 is 1.68 bits per heavy atom. The van der Waals surface area contributed by atoms with E-state index in [1.807, 2.05) is 52.0 Å². The minimum absolute atomic E-state index is 0.153. The molecule has 0 aliphatic rings. The molecule has 198 valence electrons. The standard InChI is InChI=1S/C27H34ClN5O4/c1-7-12-32(26(35)29-18-13-19(36-5)15-20(14-18)37-6)17-25(34)30-24-16-23(27(2,3)4)31-33(24)22-11-9-8-10-21(22)28/h8-11,13-16H,7,12,17H2,1-6H3,(H,29,35)(H,30,34). The second-order valence-electron chi connectivity index (χ2n) is 9.53. The van der Waals surface area contributed by atoms with E-state index in [0.29, 0.717) is 46.7 Å². The third-order valence-corrected chi connectivity index (χ3v) is 5.86. The van der Waals surface area contributed by atoms with Gasteiger partial charge in [-0.05, 0) is 18.6 Å². The molecule has 0 saturated heterocycles. The van der Waals surface area contributed by atoms with Gasteiger partial charge in [-0.1, -0.05) is 51.4 Å². The SMILES string of the molecule is CCCN(CC(=O)Nc1cc(C(C)(C)C)nn1-c1ccccc1Cl)C(=O)Nc1cc(OC)cc(OC)c1. The molecule has 0 unspecified atom stereocenters. The van der Waals surface area contributed by atoms with E-state index in [-0.39, 0.29) is 17.9 Å². The molecule has 0 aliphatic carbocycles. The average Bonchev–Trinajstić information content (AvgIpc) is 3.27. The highest BCUT2D eigenvalue weighted by molar-refractivity contribution is 6.32. The van der Waals surface area contributed by atoms with Gasteiger partial charge >= 0.3 is 6.03 Å². The summed E-state index contributed by atoms with van der Waals surface area (Å²) in [4.78, 5) is 27.7. The fourth-order valence-corrected chi connectivity index (χ4v) is 3.82. The van der Waals surface area contributed by atoms with E-state index in [1.54, 1.807) is 28.9 Å². The first-order chi connectivity index (χ1) is 17.5. The molecule has 0 spiro atoms. The van der Waals surface area contributed by atoms with E-state index in [9.17, 15) is 9.59 Å². The van der Waals surface area contributed by atoms with E-state index < -0.39 is 6.03 Å². The number of aromatic nitrogens is 2. The van der Waals surface area contributed by atoms with Crippen molar-refractivity contribution >= 4 is 35.0 Å². The largest absolute Gasteiger partial charge is 0.497 e. The lowest BCUT2D eigenvalue weighted by Gasteiger charge is -2.22. The monoisotopic (exact) mass is 527 g/mol. The minimum atomic E-state index is -0.415. The Hall–Kier alpha value is -3.72. The van der Waals surface area contributed by atoms with Crippen LogP contribution in [0.5, 0.6) is 11.5 Å². The van der Waals surface area contributed by atoms with Gasteiger partial charge in [-0.3, -0.25) is 4.79 Å². The van der Waals surface area contributed by atoms with Crippen LogP contribution < -0.4 is 20.1 Å². The average molecular weight is 528 g/mol. The van der Waals surface area contributed by atoms with E-state index in [4.69, 9.17) is 26.2 Å². The van der Waals surface area contributed by atoms with E-state index in [1.165, 1.54) is 19.1 Å². The molecule has 3 amide bonds. The second kappa shape index (κ2) is 12.0. The van der Waals surface area contributed by atoms with Gasteiger partial charge in [-0.15, -0.1) is 0 Å². The van der Waals surface area contributed by atoms with Crippen LogP contribution in [0.15, 0.2) is 48.5 Å². The molecule has 0 atom stereocenters. The Kier molecular flexibility index (Phi) is 9.04. The number of halogens is 1. The van der Waals surface area contributed by atoms with Crippen molar-refractivity contribution in [2.75, 3.05) is 37.9 Å². The van der Waals surface area contributed by atoms with Crippen molar-refractivity contribution in [2.24, 2.45) is 0 Å². The molecule has 0 saturated carbocycles. The van der Waals surface area contributed by atoms with Crippen molar-refractivity contribution < 1.29 is 19.1 Å². The highest BCUT2D eigenvalue weighted by Gasteiger charge is 2.24. The van der Waals surface area contributed by atoms with Crippen LogP contribution in [0.25, 0.3) is 5.69 Å². The van der Waals surface area contributed by atoms with Crippen molar-refractivity contribution in [3.8, 4) is 17.2 Å². The Labute approximate surface area is 222 Å². The van der Waals surface area contributed by atoms with Gasteiger partial charge in [-0.25, -0.2) is 9.48 Å². The minimum Gasteiger partial charge on any atom is -0.497 e. The highest BCUT2D eigenvalue weighted by atomic mass is 35.5. The molecule has 0 aliphatic heterocycles. The fraction of sp³-hybridized carbons (Fsp3) is 0.370. The molecule has 2 N–H and O–H groups in total. The molecular weight excluding hydrogens is 494 g/mol. The number of anilines is 2. The van der Waals surface area contributed by atoms with Crippen LogP contribution in [0.4, 0.5) is 16.3 Å². The number of hydrogen-bond donors (Lipinski definition) is 2. The van der Waals surface area contributed by atoms with Gasteiger partial charge in [0.05, 0.1) is 30.6 Å². The summed E-state index contributed by atoms with van der Waals surface area (Å²) in [6.45, 7) is 8.29. The summed E-state index contributed by atoms with van der Waals surface area (Å²) in [6.07, 6.45) is 0.674. The molecule has 3 aromatic rings. The van der Waals surface area contributed by atoms with Gasteiger partial charge in [0.15, 0.2) is 0 Å². The smallest absolute Gasteiger partial charge is 0.322 e. The molecule has 2 aromatic carbocycles. The van der Waals surface area contributed by atoms with Crippen LogP contribution in [0.1, 0.15) is 39.8 Å². The summed E-state index contributed by atoms with van der Waals surface area (Å²) in [6, 6.07) is 13.8. The number of carbonyl (C=O) groups is 2. The van der Waals surface area contributed by atoms with Crippen molar-refractivity contribution in [3.05, 3.63) is 59.2 Å². The molecule has 1 aromatic heterocycles. The number of urea groups is 1. The number of ether oxygens (including phenoxy) is 2. The van der Waals surface area contributed by atoms with Crippen molar-refractivity contribution in [2.45, 2.75) is 39.5 Å². The molecule has 0 fully saturated rings. The van der Waals surface area contributed by atoms with Crippen LogP contribution in [-0.4, -0.2) is 53.9 Å². The van der Waals surface area contributed by atoms with E-state index >= 15 is 0 Å². The lowest BCUT2D eigenvalue weighted by atomic mass is 9.92. The number of para-hydroxylation sites is 1. The van der Waals surface area contributed by atoms with Crippen LogP contribution >= 0.6 is 11.6 Å². The number of amides is 3. The van der Waals surface area contributed by atoms with Crippen LogP contribution in [-0.2, 0) is 10.2 Å². The van der Waals surface area contributed by atoms with E-state index in [2.05, 4.69) is 10.6 Å². The molecule has 0 bridgehead atoms. The quantitative estimate of drug-likeness (QED) is 0.370.